The van der Waals surface area contributed by atoms with E-state index in [1.165, 1.54) is 19.3 Å². The van der Waals surface area contributed by atoms with E-state index in [4.69, 9.17) is 18.9 Å². The molecule has 0 aliphatic carbocycles. The molecule has 5 heteroatoms. The van der Waals surface area contributed by atoms with E-state index in [2.05, 4.69) is 24.0 Å². The van der Waals surface area contributed by atoms with Crippen LogP contribution < -0.4 is 9.47 Å². The molecule has 170 valence electrons. The van der Waals surface area contributed by atoms with Crippen LogP contribution in [-0.4, -0.2) is 57.1 Å². The normalized spacial score (nSPS) is 19.3. The lowest BCUT2D eigenvalue weighted by Gasteiger charge is -2.38. The number of benzene rings is 2. The summed E-state index contributed by atoms with van der Waals surface area (Å²) >= 11 is 0. The standard InChI is InChI=1S/C26H37NO4/c1-3-4-10-16-27-17-15-25(26(20-27)29-19-18-28-2)31-24-14-9-8-13-23(24)30-21-22-11-6-5-7-12-22/h5-9,11-14,25-26H,3-4,10,15-21H2,1-2H3/t25-,26-/m0/s1. The van der Waals surface area contributed by atoms with Crippen LogP contribution in [0.2, 0.25) is 0 Å². The summed E-state index contributed by atoms with van der Waals surface area (Å²) in [5.74, 6) is 1.55. The molecule has 3 rings (SSSR count). The van der Waals surface area contributed by atoms with Crippen LogP contribution in [0.3, 0.4) is 0 Å². The molecule has 0 N–H and O–H groups in total. The number of para-hydroxylation sites is 2. The third-order valence-corrected chi connectivity index (χ3v) is 5.64. The molecule has 0 saturated carbocycles. The van der Waals surface area contributed by atoms with Crippen LogP contribution in [0.5, 0.6) is 11.5 Å². The van der Waals surface area contributed by atoms with E-state index < -0.39 is 0 Å². The number of methoxy groups -OCH3 is 1. The molecule has 31 heavy (non-hydrogen) atoms. The second-order valence-electron chi connectivity index (χ2n) is 8.08. The third kappa shape index (κ3) is 7.84. The molecular formula is C26H37NO4. The highest BCUT2D eigenvalue weighted by atomic mass is 16.6. The number of unbranched alkanes of at least 4 members (excludes halogenated alkanes) is 2. The zero-order valence-electron chi connectivity index (χ0n) is 19.0. The zero-order valence-corrected chi connectivity index (χ0v) is 19.0. The molecule has 1 aliphatic rings. The lowest BCUT2D eigenvalue weighted by atomic mass is 10.0. The molecule has 1 saturated heterocycles. The predicted molar refractivity (Wildman–Crippen MR) is 124 cm³/mol. The summed E-state index contributed by atoms with van der Waals surface area (Å²) in [5, 5.41) is 0. The Balaban J connectivity index is 1.62. The van der Waals surface area contributed by atoms with Crippen molar-refractivity contribution in [2.45, 2.75) is 51.4 Å². The van der Waals surface area contributed by atoms with Gasteiger partial charge in [-0.25, -0.2) is 0 Å². The van der Waals surface area contributed by atoms with Crippen molar-refractivity contribution in [2.24, 2.45) is 0 Å². The number of hydrogen-bond donors (Lipinski definition) is 0. The van der Waals surface area contributed by atoms with Gasteiger partial charge in [-0.3, -0.25) is 0 Å². The first-order valence-corrected chi connectivity index (χ1v) is 11.6. The van der Waals surface area contributed by atoms with Gasteiger partial charge in [0.05, 0.1) is 13.2 Å². The topological polar surface area (TPSA) is 40.2 Å². The molecule has 0 radical (unpaired) electrons. The molecule has 0 aromatic heterocycles. The van der Waals surface area contributed by atoms with Gasteiger partial charge in [0.25, 0.3) is 0 Å². The minimum absolute atomic E-state index is 0.000701. The van der Waals surface area contributed by atoms with Gasteiger partial charge in [-0.15, -0.1) is 0 Å². The van der Waals surface area contributed by atoms with Crippen molar-refractivity contribution in [3.8, 4) is 11.5 Å². The van der Waals surface area contributed by atoms with Crippen molar-refractivity contribution in [1.29, 1.82) is 0 Å². The number of rotatable bonds is 13. The first kappa shape index (κ1) is 23.6. The Morgan fingerprint density at radius 1 is 0.903 bits per heavy atom. The average Bonchev–Trinajstić information content (AvgIpc) is 2.81. The summed E-state index contributed by atoms with van der Waals surface area (Å²) in [4.78, 5) is 2.50. The molecule has 0 bridgehead atoms. The molecule has 0 spiro atoms. The largest absolute Gasteiger partial charge is 0.485 e. The van der Waals surface area contributed by atoms with E-state index in [0.29, 0.717) is 19.8 Å². The van der Waals surface area contributed by atoms with Gasteiger partial charge in [0, 0.05) is 20.2 Å². The van der Waals surface area contributed by atoms with E-state index in [0.717, 1.165) is 43.1 Å². The highest BCUT2D eigenvalue weighted by Gasteiger charge is 2.32. The molecule has 1 fully saturated rings. The van der Waals surface area contributed by atoms with Crippen LogP contribution in [0, 0.1) is 0 Å². The van der Waals surface area contributed by atoms with Gasteiger partial charge in [-0.05, 0) is 37.1 Å². The van der Waals surface area contributed by atoms with E-state index in [1.54, 1.807) is 7.11 Å². The van der Waals surface area contributed by atoms with Crippen molar-refractivity contribution in [3.63, 3.8) is 0 Å². The maximum absolute atomic E-state index is 6.47. The van der Waals surface area contributed by atoms with Crippen LogP contribution in [-0.2, 0) is 16.1 Å². The van der Waals surface area contributed by atoms with Crippen LogP contribution >= 0.6 is 0 Å². The Labute approximate surface area is 187 Å². The zero-order chi connectivity index (χ0) is 21.7. The molecule has 1 aliphatic heterocycles. The fourth-order valence-corrected chi connectivity index (χ4v) is 3.89. The third-order valence-electron chi connectivity index (χ3n) is 5.64. The van der Waals surface area contributed by atoms with E-state index in [1.807, 2.05) is 42.5 Å². The Kier molecular flexibility index (Phi) is 10.2. The Morgan fingerprint density at radius 2 is 1.68 bits per heavy atom. The van der Waals surface area contributed by atoms with Gasteiger partial charge in [-0.2, -0.15) is 0 Å². The first-order valence-electron chi connectivity index (χ1n) is 11.6. The first-order chi connectivity index (χ1) is 15.3. The molecule has 0 unspecified atom stereocenters. The van der Waals surface area contributed by atoms with Gasteiger partial charge in [0.2, 0.25) is 0 Å². The molecule has 2 atom stereocenters. The summed E-state index contributed by atoms with van der Waals surface area (Å²) in [6.45, 7) is 6.99. The fraction of sp³-hybridized carbons (Fsp3) is 0.538. The van der Waals surface area contributed by atoms with E-state index >= 15 is 0 Å². The smallest absolute Gasteiger partial charge is 0.161 e. The number of ether oxygens (including phenoxy) is 4. The number of hydrogen-bond acceptors (Lipinski definition) is 5. The average molecular weight is 428 g/mol. The molecule has 5 nitrogen and oxygen atoms in total. The van der Waals surface area contributed by atoms with Crippen molar-refractivity contribution in [1.82, 2.24) is 4.90 Å². The Hall–Kier alpha value is -2.08. The van der Waals surface area contributed by atoms with E-state index in [-0.39, 0.29) is 12.2 Å². The van der Waals surface area contributed by atoms with Gasteiger partial charge < -0.3 is 23.8 Å². The van der Waals surface area contributed by atoms with Crippen molar-refractivity contribution in [3.05, 3.63) is 60.2 Å². The van der Waals surface area contributed by atoms with Gasteiger partial charge in [0.15, 0.2) is 11.5 Å². The molecule has 0 amide bonds. The van der Waals surface area contributed by atoms with Crippen molar-refractivity contribution < 1.29 is 18.9 Å². The number of piperidine rings is 1. The Morgan fingerprint density at radius 3 is 2.45 bits per heavy atom. The lowest BCUT2D eigenvalue weighted by Crippen LogP contribution is -2.50. The van der Waals surface area contributed by atoms with Crippen LogP contribution in [0.4, 0.5) is 0 Å². The minimum atomic E-state index is 0.000701. The van der Waals surface area contributed by atoms with Gasteiger partial charge in [-0.1, -0.05) is 62.2 Å². The number of nitrogens with zero attached hydrogens (tertiary/aromatic N) is 1. The predicted octanol–water partition coefficient (Wildman–Crippen LogP) is 4.94. The highest BCUT2D eigenvalue weighted by Crippen LogP contribution is 2.31. The summed E-state index contributed by atoms with van der Waals surface area (Å²) in [7, 11) is 1.70. The Bertz CT molecular complexity index is 739. The van der Waals surface area contributed by atoms with E-state index in [9.17, 15) is 0 Å². The monoisotopic (exact) mass is 427 g/mol. The minimum Gasteiger partial charge on any atom is -0.485 e. The van der Waals surface area contributed by atoms with Crippen molar-refractivity contribution >= 4 is 0 Å². The maximum Gasteiger partial charge on any atom is 0.161 e. The summed E-state index contributed by atoms with van der Waals surface area (Å²) in [6, 6.07) is 18.1. The van der Waals surface area contributed by atoms with Crippen LogP contribution in [0.25, 0.3) is 0 Å². The maximum atomic E-state index is 6.47. The second kappa shape index (κ2) is 13.4. The van der Waals surface area contributed by atoms with Crippen LogP contribution in [0.15, 0.2) is 54.6 Å². The fourth-order valence-electron chi connectivity index (χ4n) is 3.89. The lowest BCUT2D eigenvalue weighted by molar-refractivity contribution is -0.0800. The quantitative estimate of drug-likeness (QED) is 0.424. The van der Waals surface area contributed by atoms with Crippen molar-refractivity contribution in [2.75, 3.05) is 40.0 Å². The molecule has 1 heterocycles. The SMILES string of the molecule is CCCCCN1CC[C@H](Oc2ccccc2OCc2ccccc2)[C@@H](OCCOC)C1. The highest BCUT2D eigenvalue weighted by molar-refractivity contribution is 5.40. The summed E-state index contributed by atoms with van der Waals surface area (Å²) in [5.41, 5.74) is 1.14. The molecular weight excluding hydrogens is 390 g/mol. The second-order valence-corrected chi connectivity index (χ2v) is 8.08. The number of likely N-dealkylation sites (tertiary alicyclic amines) is 1. The summed E-state index contributed by atoms with van der Waals surface area (Å²) < 4.78 is 23.9. The van der Waals surface area contributed by atoms with Gasteiger partial charge >= 0.3 is 0 Å². The molecule has 2 aromatic rings. The summed E-state index contributed by atoms with van der Waals surface area (Å²) in [6.07, 6.45) is 4.72. The molecule has 2 aromatic carbocycles. The van der Waals surface area contributed by atoms with Crippen LogP contribution in [0.1, 0.15) is 38.2 Å². The van der Waals surface area contributed by atoms with Gasteiger partial charge in [0.1, 0.15) is 18.8 Å².